The zero-order valence-electron chi connectivity index (χ0n) is 16.4. The van der Waals surface area contributed by atoms with Crippen LogP contribution in [0.15, 0.2) is 48.5 Å². The molecule has 1 atom stereocenters. The zero-order valence-corrected chi connectivity index (χ0v) is 17.2. The number of amides is 1. The van der Waals surface area contributed by atoms with Gasteiger partial charge in [0, 0.05) is 38.3 Å². The molecule has 8 nitrogen and oxygen atoms in total. The summed E-state index contributed by atoms with van der Waals surface area (Å²) in [5.74, 6) is 0.652. The maximum atomic E-state index is 13.1. The summed E-state index contributed by atoms with van der Waals surface area (Å²) in [6.45, 7) is 1.94. The standard InChI is InChI=1S/C20H24N4O4.ClH/c1-22(16-8-4-5-9-17(16)24(26)27)14-20(25)23-12-11-21-13-18(23)15-7-3-6-10-19(15)28-2;/h3-10,18,21H,11-14H2,1-2H3;1H. The topological polar surface area (TPSA) is 88.0 Å². The van der Waals surface area contributed by atoms with Crippen molar-refractivity contribution in [3.63, 3.8) is 0 Å². The molecule has 1 N–H and O–H groups in total. The van der Waals surface area contributed by atoms with Gasteiger partial charge >= 0.3 is 0 Å². The molecular weight excluding hydrogens is 396 g/mol. The molecule has 0 aliphatic carbocycles. The van der Waals surface area contributed by atoms with Gasteiger partial charge in [0.25, 0.3) is 5.69 Å². The van der Waals surface area contributed by atoms with Gasteiger partial charge in [-0.3, -0.25) is 14.9 Å². The van der Waals surface area contributed by atoms with E-state index in [9.17, 15) is 14.9 Å². The minimum atomic E-state index is -0.432. The minimum absolute atomic E-state index is 0. The van der Waals surface area contributed by atoms with E-state index in [0.717, 1.165) is 11.3 Å². The van der Waals surface area contributed by atoms with E-state index in [2.05, 4.69) is 5.32 Å². The third-order valence-corrected chi connectivity index (χ3v) is 4.92. The number of hydrogen-bond acceptors (Lipinski definition) is 6. The molecule has 1 amide bonds. The van der Waals surface area contributed by atoms with Crippen molar-refractivity contribution in [2.45, 2.75) is 6.04 Å². The molecule has 1 aliphatic rings. The van der Waals surface area contributed by atoms with Gasteiger partial charge < -0.3 is 19.9 Å². The van der Waals surface area contributed by atoms with Gasteiger partial charge in [-0.25, -0.2) is 0 Å². The summed E-state index contributed by atoms with van der Waals surface area (Å²) in [5, 5.41) is 14.6. The number of piperazine rings is 1. The number of carbonyl (C=O) groups excluding carboxylic acids is 1. The highest BCUT2D eigenvalue weighted by Crippen LogP contribution is 2.31. The monoisotopic (exact) mass is 420 g/mol. The fraction of sp³-hybridized carbons (Fsp3) is 0.350. The molecule has 0 aromatic heterocycles. The SMILES string of the molecule is COc1ccccc1C1CNCCN1C(=O)CN(C)c1ccccc1[N+](=O)[O-].Cl. The van der Waals surface area contributed by atoms with Crippen LogP contribution in [0.2, 0.25) is 0 Å². The average molecular weight is 421 g/mol. The van der Waals surface area contributed by atoms with E-state index in [1.807, 2.05) is 29.2 Å². The van der Waals surface area contributed by atoms with Crippen LogP contribution < -0.4 is 15.0 Å². The normalized spacial score (nSPS) is 15.9. The summed E-state index contributed by atoms with van der Waals surface area (Å²) < 4.78 is 5.47. The Kier molecular flexibility index (Phi) is 7.81. The second-order valence-electron chi connectivity index (χ2n) is 6.65. The number of anilines is 1. The van der Waals surface area contributed by atoms with Crippen LogP contribution in [0, 0.1) is 10.1 Å². The summed E-state index contributed by atoms with van der Waals surface area (Å²) in [7, 11) is 3.31. The molecule has 3 rings (SSSR count). The van der Waals surface area contributed by atoms with Crippen molar-refractivity contribution in [3.8, 4) is 5.75 Å². The number of nitrogens with zero attached hydrogens (tertiary/aromatic N) is 3. The first-order chi connectivity index (χ1) is 13.5. The average Bonchev–Trinajstić information content (AvgIpc) is 2.73. The van der Waals surface area contributed by atoms with E-state index < -0.39 is 4.92 Å². The van der Waals surface area contributed by atoms with Crippen molar-refractivity contribution in [3.05, 3.63) is 64.2 Å². The number of likely N-dealkylation sites (N-methyl/N-ethyl adjacent to an activating group) is 1. The molecule has 0 spiro atoms. The molecule has 1 aliphatic heterocycles. The molecule has 1 unspecified atom stereocenters. The number of rotatable bonds is 6. The van der Waals surface area contributed by atoms with E-state index in [4.69, 9.17) is 4.74 Å². The highest BCUT2D eigenvalue weighted by atomic mass is 35.5. The maximum Gasteiger partial charge on any atom is 0.292 e. The smallest absolute Gasteiger partial charge is 0.292 e. The van der Waals surface area contributed by atoms with Crippen LogP contribution in [-0.2, 0) is 4.79 Å². The van der Waals surface area contributed by atoms with E-state index >= 15 is 0 Å². The van der Waals surface area contributed by atoms with Crippen molar-refractivity contribution in [2.24, 2.45) is 0 Å². The van der Waals surface area contributed by atoms with Gasteiger partial charge in [0.05, 0.1) is 24.6 Å². The molecule has 2 aromatic carbocycles. The zero-order chi connectivity index (χ0) is 20.1. The molecule has 1 heterocycles. The van der Waals surface area contributed by atoms with Crippen LogP contribution in [0.25, 0.3) is 0 Å². The van der Waals surface area contributed by atoms with E-state index in [1.165, 1.54) is 6.07 Å². The predicted molar refractivity (Wildman–Crippen MR) is 114 cm³/mol. The van der Waals surface area contributed by atoms with Crippen LogP contribution in [0.1, 0.15) is 11.6 Å². The summed E-state index contributed by atoms with van der Waals surface area (Å²) >= 11 is 0. The Bertz CT molecular complexity index is 864. The molecule has 0 radical (unpaired) electrons. The van der Waals surface area contributed by atoms with Gasteiger partial charge in [-0.05, 0) is 12.1 Å². The largest absolute Gasteiger partial charge is 0.496 e. The Balaban J connectivity index is 0.00000300. The van der Waals surface area contributed by atoms with E-state index in [0.29, 0.717) is 25.3 Å². The lowest BCUT2D eigenvalue weighted by Gasteiger charge is -2.38. The van der Waals surface area contributed by atoms with Gasteiger partial charge in [-0.2, -0.15) is 0 Å². The highest BCUT2D eigenvalue weighted by Gasteiger charge is 2.30. The Morgan fingerprint density at radius 1 is 1.28 bits per heavy atom. The molecule has 1 fully saturated rings. The summed E-state index contributed by atoms with van der Waals surface area (Å²) in [5.41, 5.74) is 1.35. The van der Waals surface area contributed by atoms with Crippen molar-refractivity contribution in [1.82, 2.24) is 10.2 Å². The summed E-state index contributed by atoms with van der Waals surface area (Å²) in [4.78, 5) is 27.4. The first-order valence-electron chi connectivity index (χ1n) is 9.10. The fourth-order valence-electron chi connectivity index (χ4n) is 3.54. The molecule has 2 aromatic rings. The number of hydrogen-bond donors (Lipinski definition) is 1. The van der Waals surface area contributed by atoms with Crippen molar-refractivity contribution in [2.75, 3.05) is 45.2 Å². The molecule has 156 valence electrons. The number of carbonyl (C=O) groups is 1. The number of ether oxygens (including phenoxy) is 1. The summed E-state index contributed by atoms with van der Waals surface area (Å²) in [6, 6.07) is 13.9. The Morgan fingerprint density at radius 2 is 1.97 bits per heavy atom. The lowest BCUT2D eigenvalue weighted by molar-refractivity contribution is -0.384. The van der Waals surface area contributed by atoms with Gasteiger partial charge in [-0.15, -0.1) is 12.4 Å². The van der Waals surface area contributed by atoms with Crippen LogP contribution in [-0.4, -0.2) is 56.1 Å². The highest BCUT2D eigenvalue weighted by molar-refractivity contribution is 5.85. The van der Waals surface area contributed by atoms with Crippen molar-refractivity contribution in [1.29, 1.82) is 0 Å². The number of para-hydroxylation sites is 3. The third kappa shape index (κ3) is 4.96. The van der Waals surface area contributed by atoms with Crippen molar-refractivity contribution >= 4 is 29.7 Å². The number of halogens is 1. The number of methoxy groups -OCH3 is 1. The van der Waals surface area contributed by atoms with Crippen LogP contribution in [0.4, 0.5) is 11.4 Å². The second-order valence-corrected chi connectivity index (χ2v) is 6.65. The first kappa shape index (κ1) is 22.4. The van der Waals surface area contributed by atoms with Crippen molar-refractivity contribution < 1.29 is 14.5 Å². The third-order valence-electron chi connectivity index (χ3n) is 4.92. The van der Waals surface area contributed by atoms with Gasteiger partial charge in [-0.1, -0.05) is 30.3 Å². The van der Waals surface area contributed by atoms with Crippen LogP contribution in [0.5, 0.6) is 5.75 Å². The Labute approximate surface area is 176 Å². The lowest BCUT2D eigenvalue weighted by atomic mass is 10.0. The molecule has 29 heavy (non-hydrogen) atoms. The fourth-order valence-corrected chi connectivity index (χ4v) is 3.54. The van der Waals surface area contributed by atoms with E-state index in [1.54, 1.807) is 37.3 Å². The second kappa shape index (κ2) is 10.1. The number of nitro groups is 1. The first-order valence-corrected chi connectivity index (χ1v) is 9.10. The number of nitrogens with one attached hydrogen (secondary N) is 1. The molecule has 1 saturated heterocycles. The minimum Gasteiger partial charge on any atom is -0.496 e. The van der Waals surface area contributed by atoms with Crippen LogP contribution >= 0.6 is 12.4 Å². The van der Waals surface area contributed by atoms with Gasteiger partial charge in [0.15, 0.2) is 0 Å². The predicted octanol–water partition coefficient (Wildman–Crippen LogP) is 2.63. The lowest BCUT2D eigenvalue weighted by Crippen LogP contribution is -2.51. The van der Waals surface area contributed by atoms with Gasteiger partial charge in [0.1, 0.15) is 11.4 Å². The maximum absolute atomic E-state index is 13.1. The molecule has 0 saturated carbocycles. The number of benzene rings is 2. The van der Waals surface area contributed by atoms with E-state index in [-0.39, 0.29) is 36.6 Å². The quantitative estimate of drug-likeness (QED) is 0.571. The molecule has 0 bridgehead atoms. The Hall–Kier alpha value is -2.84. The molecule has 9 heteroatoms. The summed E-state index contributed by atoms with van der Waals surface area (Å²) in [6.07, 6.45) is 0. The van der Waals surface area contributed by atoms with Gasteiger partial charge in [0.2, 0.25) is 5.91 Å². The Morgan fingerprint density at radius 3 is 2.69 bits per heavy atom. The number of nitro benzene ring substituents is 1. The van der Waals surface area contributed by atoms with Crippen LogP contribution in [0.3, 0.4) is 0 Å². The molecular formula is C20H25ClN4O4.